The molecule has 1 aliphatic carbocycles. The Bertz CT molecular complexity index is 127. The predicted octanol–water partition coefficient (Wildman–Crippen LogP) is 3.96. The molecule has 0 saturated heterocycles. The van der Waals surface area contributed by atoms with Gasteiger partial charge in [-0.25, -0.2) is 0 Å². The van der Waals surface area contributed by atoms with Crippen molar-refractivity contribution in [2.24, 2.45) is 5.92 Å². The van der Waals surface area contributed by atoms with E-state index < -0.39 is 0 Å². The minimum absolute atomic E-state index is 0.429. The molecule has 78 valence electrons. The Morgan fingerprint density at radius 1 is 1.23 bits per heavy atom. The average Bonchev–Trinajstić information content (AvgIpc) is 2.11. The van der Waals surface area contributed by atoms with Gasteiger partial charge < -0.3 is 0 Å². The highest BCUT2D eigenvalue weighted by atomic mass is 16.1. The first-order chi connectivity index (χ1) is 6.26. The van der Waals surface area contributed by atoms with Crippen LogP contribution in [0.1, 0.15) is 65.7 Å². The van der Waals surface area contributed by atoms with Gasteiger partial charge in [0.2, 0.25) is 0 Å². The molecule has 0 aromatic heterocycles. The van der Waals surface area contributed by atoms with E-state index in [0.29, 0.717) is 11.7 Å². The molecule has 0 radical (unpaired) electrons. The first kappa shape index (κ1) is 12.7. The first-order valence-electron chi connectivity index (χ1n) is 5.78. The third kappa shape index (κ3) is 5.84. The fourth-order valence-electron chi connectivity index (χ4n) is 1.71. The molecule has 0 bridgehead atoms. The maximum absolute atomic E-state index is 11.2. The van der Waals surface area contributed by atoms with E-state index in [1.165, 1.54) is 12.8 Å². The van der Waals surface area contributed by atoms with E-state index in [2.05, 4.69) is 20.8 Å². The molecule has 1 fully saturated rings. The molecule has 1 heteroatoms. The standard InChI is InChI=1S/C9H16O.C3H8/c1-2-5-8-6-3-4-7-9(8)10;1-3-2/h8H,2-7H2,1H3;3H2,1-2H3. The van der Waals surface area contributed by atoms with Gasteiger partial charge in [0, 0.05) is 12.3 Å². The molecule has 0 aromatic rings. The Morgan fingerprint density at radius 2 is 1.85 bits per heavy atom. The molecular weight excluding hydrogens is 160 g/mol. The number of ketones is 1. The summed E-state index contributed by atoms with van der Waals surface area (Å²) in [6.45, 7) is 6.40. The lowest BCUT2D eigenvalue weighted by Crippen LogP contribution is -2.18. The van der Waals surface area contributed by atoms with E-state index in [1.54, 1.807) is 0 Å². The van der Waals surface area contributed by atoms with Crippen LogP contribution in [0.5, 0.6) is 0 Å². The van der Waals surface area contributed by atoms with Crippen molar-refractivity contribution in [1.82, 2.24) is 0 Å². The second-order valence-corrected chi connectivity index (χ2v) is 3.90. The van der Waals surface area contributed by atoms with Crippen LogP contribution < -0.4 is 0 Å². The summed E-state index contributed by atoms with van der Waals surface area (Å²) in [6.07, 6.45) is 7.96. The Labute approximate surface area is 82.9 Å². The zero-order valence-electron chi connectivity index (χ0n) is 9.44. The number of carbonyl (C=O) groups is 1. The minimum atomic E-state index is 0.429. The molecule has 0 amide bonds. The van der Waals surface area contributed by atoms with Gasteiger partial charge in [0.15, 0.2) is 0 Å². The van der Waals surface area contributed by atoms with Gasteiger partial charge in [-0.3, -0.25) is 4.79 Å². The van der Waals surface area contributed by atoms with Gasteiger partial charge in [-0.1, -0.05) is 40.0 Å². The number of hydrogen-bond donors (Lipinski definition) is 0. The van der Waals surface area contributed by atoms with Crippen LogP contribution in [-0.2, 0) is 4.79 Å². The number of hydrogen-bond acceptors (Lipinski definition) is 1. The van der Waals surface area contributed by atoms with Gasteiger partial charge in [-0.05, 0) is 19.3 Å². The zero-order chi connectivity index (χ0) is 10.1. The first-order valence-corrected chi connectivity index (χ1v) is 5.78. The van der Waals surface area contributed by atoms with E-state index in [-0.39, 0.29) is 0 Å². The number of Topliss-reactive ketones (excluding diaryl/α,β-unsaturated/α-hetero) is 1. The Kier molecular flexibility index (Phi) is 8.07. The van der Waals surface area contributed by atoms with Crippen LogP contribution in [0.3, 0.4) is 0 Å². The molecule has 0 N–H and O–H groups in total. The lowest BCUT2D eigenvalue weighted by molar-refractivity contribution is -0.124. The molecule has 13 heavy (non-hydrogen) atoms. The summed E-state index contributed by atoms with van der Waals surface area (Å²) in [6, 6.07) is 0. The second kappa shape index (κ2) is 8.28. The summed E-state index contributed by atoms with van der Waals surface area (Å²) >= 11 is 0. The van der Waals surface area contributed by atoms with Crippen molar-refractivity contribution in [3.8, 4) is 0 Å². The van der Waals surface area contributed by atoms with Crippen molar-refractivity contribution >= 4 is 5.78 Å². The predicted molar refractivity (Wildman–Crippen MR) is 57.8 cm³/mol. The molecular formula is C12H24O. The van der Waals surface area contributed by atoms with Crippen molar-refractivity contribution < 1.29 is 4.79 Å². The van der Waals surface area contributed by atoms with Crippen molar-refractivity contribution in [2.45, 2.75) is 65.7 Å². The SMILES string of the molecule is CCC.CCCC1CCCCC1=O. The third-order valence-corrected chi connectivity index (χ3v) is 2.32. The molecule has 1 nitrogen and oxygen atoms in total. The molecule has 1 aliphatic rings. The van der Waals surface area contributed by atoms with Gasteiger partial charge in [0.1, 0.15) is 5.78 Å². The summed E-state index contributed by atoms with van der Waals surface area (Å²) in [7, 11) is 0. The Balaban J connectivity index is 0.000000424. The van der Waals surface area contributed by atoms with E-state index in [9.17, 15) is 4.79 Å². The average molecular weight is 184 g/mol. The summed E-state index contributed by atoms with van der Waals surface area (Å²) in [5, 5.41) is 0. The van der Waals surface area contributed by atoms with Crippen molar-refractivity contribution in [1.29, 1.82) is 0 Å². The molecule has 0 spiro atoms. The van der Waals surface area contributed by atoms with Crippen LogP contribution in [0.25, 0.3) is 0 Å². The van der Waals surface area contributed by atoms with Crippen LogP contribution >= 0.6 is 0 Å². The quantitative estimate of drug-likeness (QED) is 0.635. The topological polar surface area (TPSA) is 17.1 Å². The Hall–Kier alpha value is -0.330. The zero-order valence-corrected chi connectivity index (χ0v) is 9.44. The summed E-state index contributed by atoms with van der Waals surface area (Å²) in [5.74, 6) is 0.951. The maximum atomic E-state index is 11.2. The fraction of sp³-hybridized carbons (Fsp3) is 0.917. The monoisotopic (exact) mass is 184 g/mol. The number of rotatable bonds is 2. The number of carbonyl (C=O) groups excluding carboxylic acids is 1. The summed E-state index contributed by atoms with van der Waals surface area (Å²) < 4.78 is 0. The van der Waals surface area contributed by atoms with E-state index >= 15 is 0 Å². The summed E-state index contributed by atoms with van der Waals surface area (Å²) in [4.78, 5) is 11.2. The summed E-state index contributed by atoms with van der Waals surface area (Å²) in [5.41, 5.74) is 0. The molecule has 1 unspecified atom stereocenters. The highest BCUT2D eigenvalue weighted by molar-refractivity contribution is 5.81. The van der Waals surface area contributed by atoms with E-state index in [0.717, 1.165) is 32.1 Å². The van der Waals surface area contributed by atoms with Crippen molar-refractivity contribution in [3.05, 3.63) is 0 Å². The fourth-order valence-corrected chi connectivity index (χ4v) is 1.71. The van der Waals surface area contributed by atoms with Gasteiger partial charge in [-0.2, -0.15) is 0 Å². The van der Waals surface area contributed by atoms with E-state index in [4.69, 9.17) is 0 Å². The van der Waals surface area contributed by atoms with Crippen LogP contribution in [0.4, 0.5) is 0 Å². The van der Waals surface area contributed by atoms with Crippen LogP contribution in [-0.4, -0.2) is 5.78 Å². The second-order valence-electron chi connectivity index (χ2n) is 3.90. The van der Waals surface area contributed by atoms with Gasteiger partial charge in [0.25, 0.3) is 0 Å². The molecule has 0 aliphatic heterocycles. The lowest BCUT2D eigenvalue weighted by Gasteiger charge is -2.19. The van der Waals surface area contributed by atoms with Gasteiger partial charge >= 0.3 is 0 Å². The van der Waals surface area contributed by atoms with Crippen LogP contribution in [0.2, 0.25) is 0 Å². The van der Waals surface area contributed by atoms with Crippen LogP contribution in [0, 0.1) is 5.92 Å². The molecule has 1 rings (SSSR count). The Morgan fingerprint density at radius 3 is 2.31 bits per heavy atom. The van der Waals surface area contributed by atoms with E-state index in [1.807, 2.05) is 0 Å². The highest BCUT2D eigenvalue weighted by Gasteiger charge is 2.20. The minimum Gasteiger partial charge on any atom is -0.299 e. The molecule has 0 heterocycles. The van der Waals surface area contributed by atoms with Crippen LogP contribution in [0.15, 0.2) is 0 Å². The molecule has 1 atom stereocenters. The smallest absolute Gasteiger partial charge is 0.135 e. The van der Waals surface area contributed by atoms with Gasteiger partial charge in [0.05, 0.1) is 0 Å². The molecule has 1 saturated carbocycles. The lowest BCUT2D eigenvalue weighted by atomic mass is 9.85. The normalized spacial score (nSPS) is 22.1. The van der Waals surface area contributed by atoms with Crippen molar-refractivity contribution in [3.63, 3.8) is 0 Å². The highest BCUT2D eigenvalue weighted by Crippen LogP contribution is 2.23. The van der Waals surface area contributed by atoms with Crippen molar-refractivity contribution in [2.75, 3.05) is 0 Å². The van der Waals surface area contributed by atoms with Gasteiger partial charge in [-0.15, -0.1) is 0 Å². The third-order valence-electron chi connectivity index (χ3n) is 2.32. The maximum Gasteiger partial charge on any atom is 0.135 e. The molecule has 0 aromatic carbocycles. The largest absolute Gasteiger partial charge is 0.299 e.